The summed E-state index contributed by atoms with van der Waals surface area (Å²) in [5.41, 5.74) is 8.01. The molecule has 0 spiro atoms. The standard InChI is InChI=1S/C21H24N2OS/c22-19-17(9-18(25-19)16-4-2-1-3-5-16)20(24)23-21-10-13-6-14(11-21)8-15(7-13)12-21/h1-5,9,13-15H,6-8,10-12,22H2,(H,23,24). The maximum atomic E-state index is 13.0. The molecule has 1 heterocycles. The lowest BCUT2D eigenvalue weighted by atomic mass is 9.53. The topological polar surface area (TPSA) is 55.1 Å². The number of hydrogen-bond acceptors (Lipinski definition) is 3. The van der Waals surface area contributed by atoms with E-state index in [-0.39, 0.29) is 11.4 Å². The molecule has 4 aliphatic rings. The molecule has 0 unspecified atom stereocenters. The lowest BCUT2D eigenvalue weighted by molar-refractivity contribution is -0.0166. The minimum Gasteiger partial charge on any atom is -0.390 e. The molecule has 1 amide bonds. The number of nitrogen functional groups attached to an aromatic ring is 1. The van der Waals surface area contributed by atoms with E-state index in [9.17, 15) is 4.79 Å². The van der Waals surface area contributed by atoms with Gasteiger partial charge in [0.2, 0.25) is 0 Å². The van der Waals surface area contributed by atoms with E-state index in [4.69, 9.17) is 5.73 Å². The van der Waals surface area contributed by atoms with Crippen molar-refractivity contribution >= 4 is 22.2 Å². The van der Waals surface area contributed by atoms with Gasteiger partial charge < -0.3 is 11.1 Å². The van der Waals surface area contributed by atoms with E-state index in [1.165, 1.54) is 49.9 Å². The number of anilines is 1. The fourth-order valence-electron chi connectivity index (χ4n) is 5.90. The third-order valence-corrected chi connectivity index (χ3v) is 7.49. The minimum absolute atomic E-state index is 0.0258. The normalized spacial score (nSPS) is 32.7. The van der Waals surface area contributed by atoms with Crippen molar-refractivity contribution in [3.63, 3.8) is 0 Å². The summed E-state index contributed by atoms with van der Waals surface area (Å²) < 4.78 is 0. The maximum Gasteiger partial charge on any atom is 0.254 e. The van der Waals surface area contributed by atoms with Crippen molar-refractivity contribution in [2.24, 2.45) is 17.8 Å². The second-order valence-corrected chi connectivity index (χ2v) is 9.49. The summed E-state index contributed by atoms with van der Waals surface area (Å²) in [6.07, 6.45) is 7.65. The van der Waals surface area contributed by atoms with Gasteiger partial charge in [0.15, 0.2) is 0 Å². The number of carbonyl (C=O) groups is 1. The van der Waals surface area contributed by atoms with Gasteiger partial charge in [-0.15, -0.1) is 11.3 Å². The van der Waals surface area contributed by atoms with Gasteiger partial charge in [-0.2, -0.15) is 0 Å². The van der Waals surface area contributed by atoms with E-state index in [2.05, 4.69) is 17.4 Å². The molecule has 0 saturated heterocycles. The van der Waals surface area contributed by atoms with Crippen LogP contribution in [0.25, 0.3) is 10.4 Å². The van der Waals surface area contributed by atoms with Crippen LogP contribution in [0.4, 0.5) is 5.00 Å². The molecule has 0 aliphatic heterocycles. The van der Waals surface area contributed by atoms with Gasteiger partial charge in [0.1, 0.15) is 0 Å². The quantitative estimate of drug-likeness (QED) is 0.841. The van der Waals surface area contributed by atoms with Crippen LogP contribution in [0.15, 0.2) is 36.4 Å². The SMILES string of the molecule is Nc1sc(-c2ccccc2)cc1C(=O)NC12CC3CC(CC(C3)C1)C2. The zero-order valence-electron chi connectivity index (χ0n) is 14.3. The zero-order valence-corrected chi connectivity index (χ0v) is 15.1. The van der Waals surface area contributed by atoms with Crippen LogP contribution >= 0.6 is 11.3 Å². The Morgan fingerprint density at radius 1 is 1.04 bits per heavy atom. The number of benzene rings is 1. The summed E-state index contributed by atoms with van der Waals surface area (Å²) >= 11 is 1.51. The second-order valence-electron chi connectivity index (χ2n) is 8.41. The molecule has 130 valence electrons. The number of rotatable bonds is 3. The van der Waals surface area contributed by atoms with Crippen molar-refractivity contribution in [3.8, 4) is 10.4 Å². The van der Waals surface area contributed by atoms with E-state index < -0.39 is 0 Å². The summed E-state index contributed by atoms with van der Waals surface area (Å²) in [5.74, 6) is 2.50. The van der Waals surface area contributed by atoms with Gasteiger partial charge in [-0.3, -0.25) is 4.79 Å². The molecule has 3 N–H and O–H groups in total. The molecule has 4 fully saturated rings. The maximum absolute atomic E-state index is 13.0. The first kappa shape index (κ1) is 15.4. The average molecular weight is 353 g/mol. The summed E-state index contributed by atoms with van der Waals surface area (Å²) in [5, 5.41) is 4.06. The molecule has 0 radical (unpaired) electrons. The van der Waals surface area contributed by atoms with Crippen LogP contribution in [0, 0.1) is 17.8 Å². The molecule has 1 aromatic carbocycles. The van der Waals surface area contributed by atoms with Crippen LogP contribution in [-0.2, 0) is 0 Å². The smallest absolute Gasteiger partial charge is 0.254 e. The monoisotopic (exact) mass is 352 g/mol. The molecule has 4 bridgehead atoms. The molecule has 25 heavy (non-hydrogen) atoms. The molecular formula is C21H24N2OS. The number of nitrogens with two attached hydrogens (primary N) is 1. The lowest BCUT2D eigenvalue weighted by Crippen LogP contribution is -2.59. The minimum atomic E-state index is 0.0258. The predicted octanol–water partition coefficient (Wildman–Crippen LogP) is 4.70. The number of nitrogens with one attached hydrogen (secondary N) is 1. The predicted molar refractivity (Wildman–Crippen MR) is 103 cm³/mol. The Kier molecular flexibility index (Phi) is 3.46. The highest BCUT2D eigenvalue weighted by Gasteiger charge is 2.51. The van der Waals surface area contributed by atoms with Gasteiger partial charge in [-0.25, -0.2) is 0 Å². The average Bonchev–Trinajstić information content (AvgIpc) is 2.96. The highest BCUT2D eigenvalue weighted by atomic mass is 32.1. The Morgan fingerprint density at radius 2 is 1.64 bits per heavy atom. The van der Waals surface area contributed by atoms with Crippen molar-refractivity contribution in [3.05, 3.63) is 42.0 Å². The number of hydrogen-bond donors (Lipinski definition) is 2. The van der Waals surface area contributed by atoms with E-state index in [0.717, 1.165) is 28.2 Å². The molecule has 1 aromatic heterocycles. The third-order valence-electron chi connectivity index (χ3n) is 6.48. The van der Waals surface area contributed by atoms with Gasteiger partial charge in [-0.05, 0) is 67.9 Å². The molecule has 4 aliphatic carbocycles. The Morgan fingerprint density at radius 3 is 2.24 bits per heavy atom. The number of amides is 1. The van der Waals surface area contributed by atoms with Crippen LogP contribution in [0.5, 0.6) is 0 Å². The summed E-state index contributed by atoms with van der Waals surface area (Å²) in [6.45, 7) is 0. The summed E-state index contributed by atoms with van der Waals surface area (Å²) in [7, 11) is 0. The molecule has 4 heteroatoms. The van der Waals surface area contributed by atoms with Gasteiger partial charge in [-0.1, -0.05) is 30.3 Å². The van der Waals surface area contributed by atoms with E-state index >= 15 is 0 Å². The summed E-state index contributed by atoms with van der Waals surface area (Å²) in [4.78, 5) is 14.1. The van der Waals surface area contributed by atoms with Gasteiger partial charge in [0.05, 0.1) is 10.6 Å². The fourth-order valence-corrected chi connectivity index (χ4v) is 6.83. The van der Waals surface area contributed by atoms with Crippen molar-refractivity contribution in [2.45, 2.75) is 44.1 Å². The van der Waals surface area contributed by atoms with Gasteiger partial charge >= 0.3 is 0 Å². The van der Waals surface area contributed by atoms with Crippen LogP contribution in [0.3, 0.4) is 0 Å². The molecule has 2 aromatic rings. The fraction of sp³-hybridized carbons (Fsp3) is 0.476. The molecule has 4 saturated carbocycles. The third kappa shape index (κ3) is 2.67. The first-order valence-electron chi connectivity index (χ1n) is 9.37. The molecule has 3 nitrogen and oxygen atoms in total. The number of thiophene rings is 1. The van der Waals surface area contributed by atoms with Crippen LogP contribution < -0.4 is 11.1 Å². The largest absolute Gasteiger partial charge is 0.390 e. The van der Waals surface area contributed by atoms with Crippen molar-refractivity contribution < 1.29 is 4.79 Å². The van der Waals surface area contributed by atoms with Crippen LogP contribution in [0.2, 0.25) is 0 Å². The van der Waals surface area contributed by atoms with Crippen molar-refractivity contribution in [1.82, 2.24) is 5.32 Å². The number of carbonyl (C=O) groups excluding carboxylic acids is 1. The van der Waals surface area contributed by atoms with E-state index in [0.29, 0.717) is 10.6 Å². The zero-order chi connectivity index (χ0) is 17.0. The van der Waals surface area contributed by atoms with Gasteiger partial charge in [0, 0.05) is 10.4 Å². The van der Waals surface area contributed by atoms with Crippen molar-refractivity contribution in [1.29, 1.82) is 0 Å². The Bertz CT molecular complexity index is 775. The van der Waals surface area contributed by atoms with Gasteiger partial charge in [0.25, 0.3) is 5.91 Å². The Labute approximate surface area is 152 Å². The summed E-state index contributed by atoms with van der Waals surface area (Å²) in [6, 6.07) is 12.1. The lowest BCUT2D eigenvalue weighted by Gasteiger charge is -2.56. The molecular weight excluding hydrogens is 328 g/mol. The Hall–Kier alpha value is -1.81. The van der Waals surface area contributed by atoms with Crippen LogP contribution in [0.1, 0.15) is 48.9 Å². The Balaban J connectivity index is 1.39. The molecule has 0 atom stereocenters. The van der Waals surface area contributed by atoms with E-state index in [1.807, 2.05) is 24.3 Å². The second kappa shape index (κ2) is 5.60. The highest BCUT2D eigenvalue weighted by Crippen LogP contribution is 2.55. The first-order valence-corrected chi connectivity index (χ1v) is 10.2. The molecule has 6 rings (SSSR count). The van der Waals surface area contributed by atoms with Crippen LogP contribution in [-0.4, -0.2) is 11.4 Å². The van der Waals surface area contributed by atoms with Crippen molar-refractivity contribution in [2.75, 3.05) is 5.73 Å². The first-order chi connectivity index (χ1) is 12.1. The van der Waals surface area contributed by atoms with E-state index in [1.54, 1.807) is 0 Å². The highest BCUT2D eigenvalue weighted by molar-refractivity contribution is 7.19.